The average molecular weight is 585 g/mol. The first kappa shape index (κ1) is 28.9. The molecule has 1 aromatic carbocycles. The van der Waals surface area contributed by atoms with E-state index in [2.05, 4.69) is 35.5 Å². The van der Waals surface area contributed by atoms with Crippen LogP contribution in [0, 0.1) is 18.8 Å². The molecule has 2 aliphatic carbocycles. The summed E-state index contributed by atoms with van der Waals surface area (Å²) in [5.74, 6) is -3.71. The first-order chi connectivity index (χ1) is 19.3. The van der Waals surface area contributed by atoms with Crippen molar-refractivity contribution in [1.82, 2.24) is 30.9 Å². The van der Waals surface area contributed by atoms with Crippen LogP contribution in [0.2, 0.25) is 0 Å². The van der Waals surface area contributed by atoms with Gasteiger partial charge >= 0.3 is 6.18 Å². The van der Waals surface area contributed by atoms with E-state index in [1.165, 1.54) is 6.92 Å². The van der Waals surface area contributed by atoms with E-state index in [0.717, 1.165) is 25.3 Å². The maximum atomic E-state index is 13.2. The van der Waals surface area contributed by atoms with Gasteiger partial charge < -0.3 is 20.4 Å². The summed E-state index contributed by atoms with van der Waals surface area (Å²) < 4.78 is 75.2. The summed E-state index contributed by atoms with van der Waals surface area (Å²) in [4.78, 5) is 32.9. The topological polar surface area (TPSA) is 135 Å². The van der Waals surface area contributed by atoms with Gasteiger partial charge in [-0.3, -0.25) is 9.59 Å². The third-order valence-electron chi connectivity index (χ3n) is 7.42. The molecule has 3 atom stereocenters. The molecule has 15 heteroatoms. The normalized spacial score (nSPS) is 19.4. The smallest absolute Gasteiger partial charge is 0.366 e. The number of carbonyl (C=O) groups is 2. The lowest BCUT2D eigenvalue weighted by Crippen LogP contribution is -2.39. The summed E-state index contributed by atoms with van der Waals surface area (Å²) in [6.07, 6.45) is -5.43. The number of aromatic nitrogens is 4. The van der Waals surface area contributed by atoms with E-state index in [1.54, 1.807) is 18.2 Å². The Hall–Kier alpha value is -3.62. The molecule has 0 saturated heterocycles. The van der Waals surface area contributed by atoms with Crippen molar-refractivity contribution in [2.75, 3.05) is 6.61 Å². The highest BCUT2D eigenvalue weighted by atomic mass is 19.4. The van der Waals surface area contributed by atoms with E-state index >= 15 is 0 Å². The minimum atomic E-state index is -4.61. The van der Waals surface area contributed by atoms with Gasteiger partial charge in [-0.05, 0) is 61.4 Å². The van der Waals surface area contributed by atoms with Crippen molar-refractivity contribution in [1.29, 1.82) is 0 Å². The molecule has 2 aliphatic rings. The molecule has 3 aromatic rings. The Balaban J connectivity index is 1.34. The van der Waals surface area contributed by atoms with Gasteiger partial charge in [0.05, 0.1) is 23.7 Å². The van der Waals surface area contributed by atoms with Gasteiger partial charge in [-0.15, -0.1) is 0 Å². The van der Waals surface area contributed by atoms with Crippen molar-refractivity contribution in [3.05, 3.63) is 41.0 Å². The summed E-state index contributed by atoms with van der Waals surface area (Å²) in [6, 6.07) is 3.82. The number of aromatic amines is 1. The fourth-order valence-corrected chi connectivity index (χ4v) is 4.92. The highest BCUT2D eigenvalue weighted by Crippen LogP contribution is 2.45. The molecule has 41 heavy (non-hydrogen) atoms. The Morgan fingerprint density at radius 2 is 1.93 bits per heavy atom. The molecule has 0 aliphatic heterocycles. The number of aryl methyl sites for hydroxylation is 1. The molecule has 2 saturated carbocycles. The number of carbonyl (C=O) groups excluding carboxylic acids is 2. The van der Waals surface area contributed by atoms with Crippen molar-refractivity contribution < 1.29 is 40.9 Å². The van der Waals surface area contributed by atoms with Crippen molar-refractivity contribution >= 4 is 22.8 Å². The number of benzene rings is 1. The molecule has 2 amide bonds. The molecule has 222 valence electrons. The van der Waals surface area contributed by atoms with Gasteiger partial charge in [0.2, 0.25) is 11.8 Å². The quantitative estimate of drug-likeness (QED) is 0.278. The molecule has 0 unspecified atom stereocenters. The number of imidazole rings is 1. The van der Waals surface area contributed by atoms with Gasteiger partial charge in [0, 0.05) is 19.3 Å². The highest BCUT2D eigenvalue weighted by Gasteiger charge is 2.46. The third kappa shape index (κ3) is 6.82. The summed E-state index contributed by atoms with van der Waals surface area (Å²) in [7, 11) is 0. The molecular formula is C26H29F5N6O4. The minimum Gasteiger partial charge on any atom is -0.366 e. The van der Waals surface area contributed by atoms with Gasteiger partial charge in [0.25, 0.3) is 5.91 Å². The number of hydrogen-bond donors (Lipinski definition) is 3. The Morgan fingerprint density at radius 3 is 2.54 bits per heavy atom. The zero-order valence-corrected chi connectivity index (χ0v) is 22.2. The summed E-state index contributed by atoms with van der Waals surface area (Å²) >= 11 is 0. The lowest BCUT2D eigenvalue weighted by atomic mass is 9.79. The Kier molecular flexibility index (Phi) is 7.74. The number of nitrogens with one attached hydrogen (secondary N) is 3. The number of amides is 2. The molecule has 5 rings (SSSR count). The van der Waals surface area contributed by atoms with E-state index in [1.807, 2.05) is 0 Å². The molecule has 0 bridgehead atoms. The molecule has 2 aromatic heterocycles. The molecule has 10 nitrogen and oxygen atoms in total. The zero-order chi connectivity index (χ0) is 29.5. The van der Waals surface area contributed by atoms with Crippen LogP contribution in [0.4, 0.5) is 22.0 Å². The number of rotatable bonds is 11. The summed E-state index contributed by atoms with van der Waals surface area (Å²) in [6.45, 7) is 1.80. The lowest BCUT2D eigenvalue weighted by molar-refractivity contribution is -0.215. The van der Waals surface area contributed by atoms with E-state index in [4.69, 9.17) is 4.74 Å². The fraction of sp³-hybridized carbons (Fsp3) is 0.577. The number of H-pyrrole nitrogens is 1. The second-order valence-corrected chi connectivity index (χ2v) is 10.9. The van der Waals surface area contributed by atoms with Crippen molar-refractivity contribution in [3.63, 3.8) is 0 Å². The maximum Gasteiger partial charge on any atom is 0.414 e. The molecule has 0 radical (unpaired) electrons. The second-order valence-electron chi connectivity index (χ2n) is 10.9. The molecular weight excluding hydrogens is 555 g/mol. The summed E-state index contributed by atoms with van der Waals surface area (Å²) in [5, 5.41) is 12.6. The van der Waals surface area contributed by atoms with Gasteiger partial charge in [-0.2, -0.15) is 13.2 Å². The first-order valence-electron chi connectivity index (χ1n) is 13.2. The van der Waals surface area contributed by atoms with Crippen LogP contribution in [0.15, 0.2) is 22.8 Å². The van der Waals surface area contributed by atoms with E-state index in [0.29, 0.717) is 11.0 Å². The molecule has 2 heterocycles. The maximum absolute atomic E-state index is 13.2. The van der Waals surface area contributed by atoms with E-state index in [9.17, 15) is 31.5 Å². The van der Waals surface area contributed by atoms with Crippen LogP contribution in [0.3, 0.4) is 0 Å². The Bertz CT molecular complexity index is 1410. The Morgan fingerprint density at radius 1 is 1.20 bits per heavy atom. The third-order valence-corrected chi connectivity index (χ3v) is 7.42. The number of hydrogen-bond acceptors (Lipinski definition) is 7. The van der Waals surface area contributed by atoms with Crippen LogP contribution in [0.1, 0.15) is 78.7 Å². The minimum absolute atomic E-state index is 0.0352. The van der Waals surface area contributed by atoms with Crippen LogP contribution in [-0.4, -0.2) is 56.9 Å². The number of nitrogens with zero attached hydrogens (tertiary/aromatic N) is 3. The summed E-state index contributed by atoms with van der Waals surface area (Å²) in [5.41, 5.74) is 1.83. The number of fused-ring (bicyclic) bond motifs is 1. The second kappa shape index (κ2) is 11.0. The molecule has 3 N–H and O–H groups in total. The van der Waals surface area contributed by atoms with Crippen LogP contribution in [-0.2, 0) is 9.53 Å². The van der Waals surface area contributed by atoms with Crippen molar-refractivity contribution in [3.8, 4) is 0 Å². The van der Waals surface area contributed by atoms with Gasteiger partial charge in [0.1, 0.15) is 17.6 Å². The number of ether oxygens (including phenoxy) is 1. The standard InChI is InChI=1S/C26H29F5N6O4/c1-12-21(37-41-36-12)24(39)34-19(11-40-13(2)26(29,30)31)23-32-17-6-5-16(8-18(17)33-23)22(15-3-4-15)35-20(38)7-14-9-25(27,28)10-14/h5-6,8,13-15,19,22H,3-4,7,9-11H2,1-2H3,(H,32,33)(H,34,39)(H,35,38)/t13-,19+,22-/m1/s1. The van der Waals surface area contributed by atoms with Crippen LogP contribution in [0.5, 0.6) is 0 Å². The lowest BCUT2D eigenvalue weighted by Gasteiger charge is -2.34. The molecule has 2 fully saturated rings. The first-order valence-corrected chi connectivity index (χ1v) is 13.2. The highest BCUT2D eigenvalue weighted by molar-refractivity contribution is 5.93. The van der Waals surface area contributed by atoms with Crippen LogP contribution in [0.25, 0.3) is 11.0 Å². The van der Waals surface area contributed by atoms with Crippen LogP contribution >= 0.6 is 0 Å². The number of alkyl halides is 5. The van der Waals surface area contributed by atoms with Gasteiger partial charge in [-0.25, -0.2) is 18.4 Å². The monoisotopic (exact) mass is 584 g/mol. The molecule has 0 spiro atoms. The predicted molar refractivity (Wildman–Crippen MR) is 133 cm³/mol. The van der Waals surface area contributed by atoms with E-state index < -0.39 is 36.8 Å². The SMILES string of the molecule is Cc1nonc1C(=O)N[C@@H](CO[C@H](C)C(F)(F)F)c1nc2ccc([C@H](NC(=O)CC3CC(F)(F)C3)C3CC3)cc2[nH]1. The average Bonchev–Trinajstić information content (AvgIpc) is 3.48. The van der Waals surface area contributed by atoms with Crippen molar-refractivity contribution in [2.45, 2.75) is 76.2 Å². The van der Waals surface area contributed by atoms with Crippen LogP contribution < -0.4 is 10.6 Å². The fourth-order valence-electron chi connectivity index (χ4n) is 4.92. The zero-order valence-electron chi connectivity index (χ0n) is 22.2. The van der Waals surface area contributed by atoms with Gasteiger partial charge in [-0.1, -0.05) is 11.2 Å². The largest absolute Gasteiger partial charge is 0.414 e. The van der Waals surface area contributed by atoms with E-state index in [-0.39, 0.29) is 60.3 Å². The predicted octanol–water partition coefficient (Wildman–Crippen LogP) is 4.70. The van der Waals surface area contributed by atoms with Gasteiger partial charge in [0.15, 0.2) is 11.8 Å². The van der Waals surface area contributed by atoms with Crippen molar-refractivity contribution in [2.24, 2.45) is 11.8 Å². The Labute approximate surface area is 230 Å². The number of halogens is 5.